The van der Waals surface area contributed by atoms with Gasteiger partial charge in [-0.15, -0.1) is 0 Å². The van der Waals surface area contributed by atoms with Gasteiger partial charge in [0.15, 0.2) is 5.92 Å². The Bertz CT molecular complexity index is 479. The van der Waals surface area contributed by atoms with Crippen molar-refractivity contribution in [2.24, 2.45) is 0 Å². The van der Waals surface area contributed by atoms with Gasteiger partial charge >= 0.3 is 11.9 Å². The summed E-state index contributed by atoms with van der Waals surface area (Å²) < 4.78 is 5.24. The largest absolute Gasteiger partial charge is 0.496 e. The lowest BCUT2D eigenvalue weighted by atomic mass is 9.88. The van der Waals surface area contributed by atoms with Crippen LogP contribution < -0.4 is 4.74 Å². The van der Waals surface area contributed by atoms with Crippen LogP contribution in [0.1, 0.15) is 36.5 Å². The summed E-state index contributed by atoms with van der Waals surface area (Å²) in [5.74, 6) is -3.58. The summed E-state index contributed by atoms with van der Waals surface area (Å²) in [6.07, 6.45) is 1.22. The molecule has 0 unspecified atom stereocenters. The first kappa shape index (κ1) is 15.0. The van der Waals surface area contributed by atoms with Crippen LogP contribution in [0, 0.1) is 0 Å². The standard InChI is InChI=1S/C14H18O5/c1-4-8-9(5-2)11(19-3)7-6-10(8)12(13(15)16)14(17)18/h6-7,12H,4-5H2,1-3H3,(H,15,16)(H,17,18). The maximum Gasteiger partial charge on any atom is 0.322 e. The Morgan fingerprint density at radius 2 is 1.63 bits per heavy atom. The molecule has 5 heteroatoms. The Kier molecular flexibility index (Phi) is 4.92. The molecule has 0 aliphatic heterocycles. The number of methoxy groups -OCH3 is 1. The third-order valence-corrected chi connectivity index (χ3v) is 3.16. The zero-order chi connectivity index (χ0) is 14.6. The molecule has 0 aliphatic rings. The van der Waals surface area contributed by atoms with Crippen molar-refractivity contribution in [2.45, 2.75) is 32.6 Å². The molecule has 0 bridgehead atoms. The van der Waals surface area contributed by atoms with Crippen LogP contribution in [0.5, 0.6) is 5.75 Å². The molecule has 2 N–H and O–H groups in total. The summed E-state index contributed by atoms with van der Waals surface area (Å²) in [6, 6.07) is 3.16. The first-order chi connectivity index (χ1) is 8.97. The van der Waals surface area contributed by atoms with Crippen LogP contribution in [-0.4, -0.2) is 29.3 Å². The number of carbonyl (C=O) groups is 2. The zero-order valence-corrected chi connectivity index (χ0v) is 11.3. The molecular formula is C14H18O5. The van der Waals surface area contributed by atoms with Crippen LogP contribution in [0.15, 0.2) is 12.1 Å². The van der Waals surface area contributed by atoms with Gasteiger partial charge in [0.25, 0.3) is 0 Å². The van der Waals surface area contributed by atoms with Crippen LogP contribution in [0.3, 0.4) is 0 Å². The average Bonchev–Trinajstić information content (AvgIpc) is 2.36. The predicted molar refractivity (Wildman–Crippen MR) is 69.8 cm³/mol. The van der Waals surface area contributed by atoms with Gasteiger partial charge in [0.2, 0.25) is 0 Å². The molecule has 19 heavy (non-hydrogen) atoms. The van der Waals surface area contributed by atoms with E-state index in [-0.39, 0.29) is 0 Å². The highest BCUT2D eigenvalue weighted by Gasteiger charge is 2.31. The topological polar surface area (TPSA) is 83.8 Å². The van der Waals surface area contributed by atoms with Gasteiger partial charge in [-0.25, -0.2) is 0 Å². The van der Waals surface area contributed by atoms with Crippen LogP contribution in [0.4, 0.5) is 0 Å². The number of hydrogen-bond acceptors (Lipinski definition) is 3. The predicted octanol–water partition coefficient (Wildman–Crippen LogP) is 2.07. The Balaban J connectivity index is 3.51. The molecule has 0 aliphatic carbocycles. The zero-order valence-electron chi connectivity index (χ0n) is 11.3. The number of hydrogen-bond donors (Lipinski definition) is 2. The number of rotatable bonds is 6. The molecule has 0 spiro atoms. The highest BCUT2D eigenvalue weighted by atomic mass is 16.5. The van der Waals surface area contributed by atoms with Gasteiger partial charge in [-0.3, -0.25) is 9.59 Å². The van der Waals surface area contributed by atoms with Crippen LogP contribution in [0.2, 0.25) is 0 Å². The van der Waals surface area contributed by atoms with Gasteiger partial charge in [0.1, 0.15) is 5.75 Å². The Morgan fingerprint density at radius 1 is 1.11 bits per heavy atom. The number of carboxylic acid groups (broad SMARTS) is 2. The van der Waals surface area contributed by atoms with Crippen LogP contribution in [-0.2, 0) is 22.4 Å². The second-order valence-electron chi connectivity index (χ2n) is 4.13. The lowest BCUT2D eigenvalue weighted by molar-refractivity contribution is -0.150. The van der Waals surface area contributed by atoms with Gasteiger partial charge < -0.3 is 14.9 Å². The van der Waals surface area contributed by atoms with E-state index >= 15 is 0 Å². The Hall–Kier alpha value is -2.04. The van der Waals surface area contributed by atoms with Gasteiger partial charge in [-0.1, -0.05) is 19.9 Å². The fourth-order valence-electron chi connectivity index (χ4n) is 2.33. The van der Waals surface area contributed by atoms with Crippen molar-refractivity contribution in [3.05, 3.63) is 28.8 Å². The minimum Gasteiger partial charge on any atom is -0.496 e. The van der Waals surface area contributed by atoms with Gasteiger partial charge in [0.05, 0.1) is 7.11 Å². The maximum atomic E-state index is 11.2. The van der Waals surface area contributed by atoms with Crippen molar-refractivity contribution in [3.8, 4) is 5.75 Å². The molecule has 0 amide bonds. The molecule has 104 valence electrons. The van der Waals surface area contributed by atoms with E-state index < -0.39 is 17.9 Å². The summed E-state index contributed by atoms with van der Waals surface area (Å²) in [7, 11) is 1.54. The Labute approximate surface area is 111 Å². The fraction of sp³-hybridized carbons (Fsp3) is 0.429. The highest BCUT2D eigenvalue weighted by Crippen LogP contribution is 2.31. The first-order valence-electron chi connectivity index (χ1n) is 6.12. The monoisotopic (exact) mass is 266 g/mol. The average molecular weight is 266 g/mol. The van der Waals surface area contributed by atoms with E-state index in [1.807, 2.05) is 13.8 Å². The van der Waals surface area contributed by atoms with Crippen molar-refractivity contribution < 1.29 is 24.5 Å². The molecule has 0 aromatic heterocycles. The minimum atomic E-state index is -1.54. The van der Waals surface area contributed by atoms with Crippen molar-refractivity contribution in [1.82, 2.24) is 0 Å². The van der Waals surface area contributed by atoms with E-state index in [1.165, 1.54) is 6.07 Å². The number of ether oxygens (including phenoxy) is 1. The normalized spacial score (nSPS) is 10.5. The molecule has 0 fully saturated rings. The van der Waals surface area contributed by atoms with Crippen LogP contribution in [0.25, 0.3) is 0 Å². The minimum absolute atomic E-state index is 0.333. The first-order valence-corrected chi connectivity index (χ1v) is 6.12. The van der Waals surface area contributed by atoms with Crippen molar-refractivity contribution in [3.63, 3.8) is 0 Å². The fourth-order valence-corrected chi connectivity index (χ4v) is 2.33. The van der Waals surface area contributed by atoms with E-state index in [9.17, 15) is 9.59 Å². The summed E-state index contributed by atoms with van der Waals surface area (Å²) in [5.41, 5.74) is 1.95. The number of benzene rings is 1. The van der Waals surface area contributed by atoms with Crippen molar-refractivity contribution in [2.75, 3.05) is 7.11 Å². The van der Waals surface area contributed by atoms with Crippen molar-refractivity contribution in [1.29, 1.82) is 0 Å². The third-order valence-electron chi connectivity index (χ3n) is 3.16. The Morgan fingerprint density at radius 3 is 2.00 bits per heavy atom. The lowest BCUT2D eigenvalue weighted by Crippen LogP contribution is -2.23. The third kappa shape index (κ3) is 2.86. The molecular weight excluding hydrogens is 248 g/mol. The van der Waals surface area contributed by atoms with Crippen LogP contribution >= 0.6 is 0 Å². The summed E-state index contributed by atoms with van der Waals surface area (Å²) >= 11 is 0. The second kappa shape index (κ2) is 6.22. The van der Waals surface area contributed by atoms with Crippen molar-refractivity contribution >= 4 is 11.9 Å². The molecule has 1 aromatic carbocycles. The quantitative estimate of drug-likeness (QED) is 0.770. The van der Waals surface area contributed by atoms with Gasteiger partial charge in [0, 0.05) is 0 Å². The maximum absolute atomic E-state index is 11.2. The summed E-state index contributed by atoms with van der Waals surface area (Å²) in [5, 5.41) is 18.2. The molecule has 5 nitrogen and oxygen atoms in total. The van der Waals surface area contributed by atoms with Gasteiger partial charge in [-0.2, -0.15) is 0 Å². The molecule has 1 rings (SSSR count). The molecule has 0 heterocycles. The van der Waals surface area contributed by atoms with E-state index in [0.717, 1.165) is 11.1 Å². The van der Waals surface area contributed by atoms with E-state index in [1.54, 1.807) is 13.2 Å². The smallest absolute Gasteiger partial charge is 0.322 e. The van der Waals surface area contributed by atoms with E-state index in [4.69, 9.17) is 14.9 Å². The molecule has 0 saturated heterocycles. The highest BCUT2D eigenvalue weighted by molar-refractivity contribution is 5.99. The summed E-state index contributed by atoms with van der Waals surface area (Å²) in [4.78, 5) is 22.3. The van der Waals surface area contributed by atoms with E-state index in [0.29, 0.717) is 24.2 Å². The second-order valence-corrected chi connectivity index (χ2v) is 4.13. The lowest BCUT2D eigenvalue weighted by Gasteiger charge is -2.18. The number of carboxylic acids is 2. The SMILES string of the molecule is CCc1c(OC)ccc(C(C(=O)O)C(=O)O)c1CC. The van der Waals surface area contributed by atoms with Gasteiger partial charge in [-0.05, 0) is 35.6 Å². The molecule has 0 saturated carbocycles. The van der Waals surface area contributed by atoms with E-state index in [2.05, 4.69) is 0 Å². The summed E-state index contributed by atoms with van der Waals surface area (Å²) in [6.45, 7) is 3.80. The molecule has 0 radical (unpaired) electrons. The molecule has 0 atom stereocenters. The number of aliphatic carboxylic acids is 2. The molecule has 1 aromatic rings.